The summed E-state index contributed by atoms with van der Waals surface area (Å²) < 4.78 is 6.53. The first-order valence-electron chi connectivity index (χ1n) is 15.2. The van der Waals surface area contributed by atoms with E-state index in [1.165, 1.54) is 36.3 Å². The number of aromatic nitrogens is 1. The molecule has 0 aliphatic carbocycles. The van der Waals surface area contributed by atoms with Crippen molar-refractivity contribution in [3.8, 4) is 0 Å². The van der Waals surface area contributed by atoms with Gasteiger partial charge in [-0.2, -0.15) is 0 Å². The number of azo groups is 1. The van der Waals surface area contributed by atoms with Crippen molar-refractivity contribution in [3.63, 3.8) is 0 Å². The lowest BCUT2D eigenvalue weighted by Crippen LogP contribution is -2.58. The highest BCUT2D eigenvalue weighted by Gasteiger charge is 2.41. The predicted molar refractivity (Wildman–Crippen MR) is 174 cm³/mol. The number of ether oxygens (including phenoxy) is 1. The summed E-state index contributed by atoms with van der Waals surface area (Å²) in [6.07, 6.45) is 7.36. The molecule has 6 rings (SSSR count). The molecule has 5 heterocycles. The molecule has 224 valence electrons. The second-order valence-electron chi connectivity index (χ2n) is 12.8. The van der Waals surface area contributed by atoms with Crippen LogP contribution < -0.4 is 4.90 Å². The Balaban J connectivity index is 1.09. The van der Waals surface area contributed by atoms with Crippen molar-refractivity contribution >= 4 is 60.6 Å². The van der Waals surface area contributed by atoms with Crippen molar-refractivity contribution in [2.75, 3.05) is 50.8 Å². The van der Waals surface area contributed by atoms with Gasteiger partial charge in [-0.3, -0.25) is 9.69 Å². The van der Waals surface area contributed by atoms with Gasteiger partial charge in [-0.25, -0.2) is 4.98 Å². The van der Waals surface area contributed by atoms with E-state index in [0.717, 1.165) is 78.2 Å². The number of Topliss-reactive ketones (excluding diaryl/α,β-unsaturated/α-hetero) is 1. The van der Waals surface area contributed by atoms with Gasteiger partial charge in [0.05, 0.1) is 29.3 Å². The van der Waals surface area contributed by atoms with Gasteiger partial charge >= 0.3 is 0 Å². The number of anilines is 1. The molecule has 1 aromatic carbocycles. The van der Waals surface area contributed by atoms with Crippen molar-refractivity contribution in [1.29, 1.82) is 0 Å². The first-order chi connectivity index (χ1) is 20.2. The van der Waals surface area contributed by atoms with Gasteiger partial charge in [-0.1, -0.05) is 11.3 Å². The maximum absolute atomic E-state index is 12.7. The molecule has 42 heavy (non-hydrogen) atoms. The highest BCUT2D eigenvalue weighted by Crippen LogP contribution is 2.42. The summed E-state index contributed by atoms with van der Waals surface area (Å²) in [5, 5.41) is 9.59. The Kier molecular flexibility index (Phi) is 8.51. The number of hydrogen-bond donors (Lipinski definition) is 0. The molecular weight excluding hydrogens is 565 g/mol. The maximum atomic E-state index is 12.7. The predicted octanol–water partition coefficient (Wildman–Crippen LogP) is 7.66. The normalized spacial score (nSPS) is 22.3. The van der Waals surface area contributed by atoms with E-state index in [9.17, 15) is 4.79 Å². The number of fused-ring (bicyclic) bond motifs is 1. The lowest BCUT2D eigenvalue weighted by atomic mass is 9.79. The van der Waals surface area contributed by atoms with Crippen molar-refractivity contribution in [2.45, 2.75) is 70.9 Å². The number of morpholine rings is 1. The van der Waals surface area contributed by atoms with Gasteiger partial charge in [0.25, 0.3) is 0 Å². The van der Waals surface area contributed by atoms with E-state index in [1.807, 2.05) is 12.1 Å². The molecule has 3 aromatic rings. The van der Waals surface area contributed by atoms with Crippen LogP contribution in [0.15, 0.2) is 46.3 Å². The Morgan fingerprint density at radius 3 is 2.43 bits per heavy atom. The summed E-state index contributed by atoms with van der Waals surface area (Å²) >= 11 is 3.15. The number of ketones is 1. The Morgan fingerprint density at radius 2 is 1.71 bits per heavy atom. The molecule has 0 saturated carbocycles. The number of nitrogens with zero attached hydrogens (tertiary/aromatic N) is 6. The molecule has 3 saturated heterocycles. The van der Waals surface area contributed by atoms with Crippen molar-refractivity contribution in [3.05, 3.63) is 40.9 Å². The second kappa shape index (κ2) is 12.1. The minimum atomic E-state index is 0.124. The Labute approximate surface area is 257 Å². The molecule has 0 radical (unpaired) electrons. The van der Waals surface area contributed by atoms with Gasteiger partial charge in [-0.15, -0.1) is 21.6 Å². The topological polar surface area (TPSA) is 73.6 Å². The van der Waals surface area contributed by atoms with E-state index in [0.29, 0.717) is 11.6 Å². The Bertz CT molecular complexity index is 1420. The molecule has 0 bridgehead atoms. The summed E-state index contributed by atoms with van der Waals surface area (Å²) in [5.41, 5.74) is 3.14. The number of hydrogen-bond acceptors (Lipinski definition) is 10. The molecule has 2 aromatic heterocycles. The number of rotatable bonds is 8. The van der Waals surface area contributed by atoms with Crippen LogP contribution in [0.2, 0.25) is 0 Å². The first kappa shape index (κ1) is 29.4. The van der Waals surface area contributed by atoms with Gasteiger partial charge < -0.3 is 14.5 Å². The SMILES string of the molecule is CC1(C)CCCC(C)(C)N1c1ccc(N=Nc2nc3sc(/C=C4\C(=O)CCN4CCCN4CCOCC4)cc3s2)cc1. The van der Waals surface area contributed by atoms with Crippen LogP contribution in [-0.2, 0) is 9.53 Å². The standard InChI is InChI=1S/C32H42N6O2S2/c1-31(2)12-5-13-32(3,4)38(31)24-9-7-23(8-10-24)34-35-30-33-29-28(42-30)22-25(41-29)21-26-27(39)11-16-37(26)15-6-14-36-17-19-40-20-18-36/h7-10,21-22H,5-6,11-20H2,1-4H3/b26-21+,35-34?. The summed E-state index contributed by atoms with van der Waals surface area (Å²) in [6, 6.07) is 10.5. The molecule has 0 N–H and O–H groups in total. The third-order valence-electron chi connectivity index (χ3n) is 8.76. The third-order valence-corrected chi connectivity index (χ3v) is 10.8. The fourth-order valence-corrected chi connectivity index (χ4v) is 8.81. The summed E-state index contributed by atoms with van der Waals surface area (Å²) in [7, 11) is 0. The molecule has 8 nitrogen and oxygen atoms in total. The van der Waals surface area contributed by atoms with E-state index in [-0.39, 0.29) is 16.9 Å². The highest BCUT2D eigenvalue weighted by atomic mass is 32.1. The van der Waals surface area contributed by atoms with Crippen LogP contribution in [0, 0.1) is 0 Å². The quantitative estimate of drug-likeness (QED) is 0.194. The average molecular weight is 607 g/mol. The van der Waals surface area contributed by atoms with Gasteiger partial charge in [0.15, 0.2) is 5.78 Å². The summed E-state index contributed by atoms with van der Waals surface area (Å²) in [4.78, 5) is 26.7. The van der Waals surface area contributed by atoms with Crippen molar-refractivity contribution in [2.24, 2.45) is 10.2 Å². The van der Waals surface area contributed by atoms with E-state index in [4.69, 9.17) is 9.72 Å². The van der Waals surface area contributed by atoms with Crippen LogP contribution in [0.25, 0.3) is 15.6 Å². The second-order valence-corrected chi connectivity index (χ2v) is 14.9. The molecule has 0 atom stereocenters. The smallest absolute Gasteiger partial charge is 0.231 e. The van der Waals surface area contributed by atoms with Crippen LogP contribution in [-0.4, -0.2) is 77.6 Å². The monoisotopic (exact) mass is 606 g/mol. The molecule has 3 aliphatic rings. The molecule has 3 aliphatic heterocycles. The third kappa shape index (κ3) is 6.46. The molecule has 0 spiro atoms. The van der Waals surface area contributed by atoms with Gasteiger partial charge in [-0.05, 0) is 89.8 Å². The lowest BCUT2D eigenvalue weighted by molar-refractivity contribution is -0.114. The van der Waals surface area contributed by atoms with Crippen LogP contribution in [0.3, 0.4) is 0 Å². The number of thiophene rings is 1. The number of likely N-dealkylation sites (tertiary alicyclic amines) is 1. The van der Waals surface area contributed by atoms with E-state index >= 15 is 0 Å². The molecule has 0 amide bonds. The molecule has 0 unspecified atom stereocenters. The van der Waals surface area contributed by atoms with Gasteiger partial charge in [0.1, 0.15) is 4.83 Å². The number of allylic oxidation sites excluding steroid dienone is 1. The van der Waals surface area contributed by atoms with Crippen molar-refractivity contribution in [1.82, 2.24) is 14.8 Å². The van der Waals surface area contributed by atoms with Crippen LogP contribution in [0.1, 0.15) is 64.7 Å². The zero-order valence-corrected chi connectivity index (χ0v) is 26.9. The fourth-order valence-electron chi connectivity index (χ4n) is 6.83. The number of carbonyl (C=O) groups excluding carboxylic acids is 1. The number of benzene rings is 1. The average Bonchev–Trinajstić information content (AvgIpc) is 3.61. The number of thiazole rings is 1. The number of carbonyl (C=O) groups is 1. The molecular formula is C32H42N6O2S2. The lowest BCUT2D eigenvalue weighted by Gasteiger charge is -2.54. The maximum Gasteiger partial charge on any atom is 0.231 e. The Morgan fingerprint density at radius 1 is 0.976 bits per heavy atom. The highest BCUT2D eigenvalue weighted by molar-refractivity contribution is 7.29. The minimum Gasteiger partial charge on any atom is -0.379 e. The van der Waals surface area contributed by atoms with Crippen LogP contribution in [0.4, 0.5) is 16.5 Å². The van der Waals surface area contributed by atoms with Gasteiger partial charge in [0, 0.05) is 60.8 Å². The van der Waals surface area contributed by atoms with Crippen molar-refractivity contribution < 1.29 is 9.53 Å². The van der Waals surface area contributed by atoms with Gasteiger partial charge in [0.2, 0.25) is 5.13 Å². The summed E-state index contributed by atoms with van der Waals surface area (Å²) in [5.74, 6) is 0.235. The zero-order valence-electron chi connectivity index (χ0n) is 25.3. The van der Waals surface area contributed by atoms with Crippen LogP contribution >= 0.6 is 22.7 Å². The largest absolute Gasteiger partial charge is 0.379 e. The Hall–Kier alpha value is -2.66. The molecule has 3 fully saturated rings. The summed E-state index contributed by atoms with van der Waals surface area (Å²) in [6.45, 7) is 15.8. The molecule has 10 heteroatoms. The fraction of sp³-hybridized carbons (Fsp3) is 0.562. The van der Waals surface area contributed by atoms with E-state index in [2.05, 4.69) is 76.9 Å². The van der Waals surface area contributed by atoms with Crippen LogP contribution in [0.5, 0.6) is 0 Å². The zero-order chi connectivity index (χ0) is 29.3. The number of piperidine rings is 1. The van der Waals surface area contributed by atoms with E-state index < -0.39 is 0 Å². The minimum absolute atomic E-state index is 0.124. The first-order valence-corrected chi connectivity index (χ1v) is 16.8. The van der Waals surface area contributed by atoms with E-state index in [1.54, 1.807) is 11.3 Å².